The van der Waals surface area contributed by atoms with Crippen LogP contribution in [0.4, 0.5) is 0 Å². The number of carboxylic acid groups (broad SMARTS) is 1. The lowest BCUT2D eigenvalue weighted by Gasteiger charge is -2.39. The molecular weight excluding hydrogens is 268 g/mol. The first-order valence-corrected chi connectivity index (χ1v) is 8.23. The van der Waals surface area contributed by atoms with E-state index in [4.69, 9.17) is 16.6 Å². The highest BCUT2D eigenvalue weighted by molar-refractivity contribution is 5.90. The van der Waals surface area contributed by atoms with Crippen LogP contribution in [0.15, 0.2) is 0 Å². The van der Waals surface area contributed by atoms with Crippen LogP contribution in [0.5, 0.6) is 0 Å². The van der Waals surface area contributed by atoms with Crippen LogP contribution >= 0.6 is 0 Å². The highest BCUT2D eigenvalue weighted by Crippen LogP contribution is 2.39. The fourth-order valence-corrected chi connectivity index (χ4v) is 4.07. The number of ketones is 1. The van der Waals surface area contributed by atoms with Crippen molar-refractivity contribution >= 4 is 11.8 Å². The van der Waals surface area contributed by atoms with Crippen molar-refractivity contribution in [2.75, 3.05) is 6.54 Å². The van der Waals surface area contributed by atoms with Gasteiger partial charge in [0.05, 0.1) is 12.0 Å². The fraction of sp³-hybridized carbons (Fsp3) is 0.875. The van der Waals surface area contributed by atoms with Gasteiger partial charge in [-0.1, -0.05) is 19.3 Å². The molecule has 0 aliphatic heterocycles. The van der Waals surface area contributed by atoms with Gasteiger partial charge in [-0.3, -0.25) is 9.59 Å². The van der Waals surface area contributed by atoms with E-state index in [9.17, 15) is 9.59 Å². The van der Waals surface area contributed by atoms with Crippen molar-refractivity contribution in [2.24, 2.45) is 28.7 Å². The van der Waals surface area contributed by atoms with Crippen LogP contribution in [-0.2, 0) is 9.59 Å². The molecule has 0 heterocycles. The van der Waals surface area contributed by atoms with E-state index in [1.807, 2.05) is 0 Å². The molecule has 0 aromatic carbocycles. The molecule has 2 saturated carbocycles. The normalized spacial score (nSPS) is 30.6. The van der Waals surface area contributed by atoms with Gasteiger partial charge in [-0.25, -0.2) is 0 Å². The largest absolute Gasteiger partial charge is 0.481 e. The summed E-state index contributed by atoms with van der Waals surface area (Å²) >= 11 is 0. The average molecular weight is 296 g/mol. The summed E-state index contributed by atoms with van der Waals surface area (Å²) < 4.78 is 0. The van der Waals surface area contributed by atoms with Gasteiger partial charge < -0.3 is 16.6 Å². The number of carboxylic acids is 1. The molecule has 1 unspecified atom stereocenters. The Labute approximate surface area is 126 Å². The number of nitrogens with two attached hydrogens (primary N) is 2. The molecule has 5 nitrogen and oxygen atoms in total. The van der Waals surface area contributed by atoms with E-state index in [0.717, 1.165) is 38.5 Å². The Morgan fingerprint density at radius 2 is 1.67 bits per heavy atom. The molecule has 5 N–H and O–H groups in total. The summed E-state index contributed by atoms with van der Waals surface area (Å²) in [7, 11) is 0. The van der Waals surface area contributed by atoms with Gasteiger partial charge in [0.1, 0.15) is 0 Å². The molecule has 0 aromatic heterocycles. The number of Topliss-reactive ketones (excluding diaryl/α,β-unsaturated/α-hetero) is 1. The van der Waals surface area contributed by atoms with Crippen molar-refractivity contribution in [3.63, 3.8) is 0 Å². The van der Waals surface area contributed by atoms with Crippen LogP contribution in [0.2, 0.25) is 0 Å². The third-order valence-corrected chi connectivity index (χ3v) is 5.66. The molecular formula is C16H28N2O3. The van der Waals surface area contributed by atoms with Crippen molar-refractivity contribution in [1.82, 2.24) is 0 Å². The Balaban J connectivity index is 1.97. The molecule has 2 aliphatic carbocycles. The second kappa shape index (κ2) is 6.88. The van der Waals surface area contributed by atoms with E-state index in [0.29, 0.717) is 19.4 Å². The minimum atomic E-state index is -0.723. The monoisotopic (exact) mass is 296 g/mol. The van der Waals surface area contributed by atoms with E-state index < -0.39 is 17.4 Å². The summed E-state index contributed by atoms with van der Waals surface area (Å²) in [6.07, 6.45) is 7.76. The maximum Gasteiger partial charge on any atom is 0.306 e. The Kier molecular flexibility index (Phi) is 5.38. The summed E-state index contributed by atoms with van der Waals surface area (Å²) in [5, 5.41) is 9.04. The van der Waals surface area contributed by atoms with Crippen LogP contribution in [0, 0.1) is 17.3 Å². The molecule has 0 aromatic rings. The van der Waals surface area contributed by atoms with E-state index in [1.165, 1.54) is 6.42 Å². The van der Waals surface area contributed by atoms with Crippen molar-refractivity contribution in [2.45, 2.75) is 63.8 Å². The van der Waals surface area contributed by atoms with E-state index in [1.54, 1.807) is 0 Å². The van der Waals surface area contributed by atoms with Gasteiger partial charge >= 0.3 is 5.97 Å². The highest BCUT2D eigenvalue weighted by atomic mass is 16.4. The number of hydrogen-bond donors (Lipinski definition) is 3. The van der Waals surface area contributed by atoms with Gasteiger partial charge in [-0.2, -0.15) is 0 Å². The van der Waals surface area contributed by atoms with Crippen LogP contribution in [0.25, 0.3) is 0 Å². The zero-order valence-electron chi connectivity index (χ0n) is 12.7. The summed E-state index contributed by atoms with van der Waals surface area (Å²) in [5.74, 6) is -0.734. The van der Waals surface area contributed by atoms with Gasteiger partial charge in [0.15, 0.2) is 5.78 Å². The lowest BCUT2D eigenvalue weighted by molar-refractivity contribution is -0.143. The van der Waals surface area contributed by atoms with Crippen molar-refractivity contribution < 1.29 is 14.7 Å². The third-order valence-electron chi connectivity index (χ3n) is 5.66. The minimum absolute atomic E-state index is 0.124. The molecule has 5 heteroatoms. The topological polar surface area (TPSA) is 106 Å². The van der Waals surface area contributed by atoms with Gasteiger partial charge in [-0.15, -0.1) is 0 Å². The molecule has 0 radical (unpaired) electrons. The summed E-state index contributed by atoms with van der Waals surface area (Å²) in [6.45, 7) is 0.393. The lowest BCUT2D eigenvalue weighted by Crippen LogP contribution is -2.52. The molecule has 120 valence electrons. The van der Waals surface area contributed by atoms with Gasteiger partial charge in [0.25, 0.3) is 0 Å². The predicted molar refractivity (Wildman–Crippen MR) is 80.6 cm³/mol. The molecule has 21 heavy (non-hydrogen) atoms. The van der Waals surface area contributed by atoms with Crippen molar-refractivity contribution in [1.29, 1.82) is 0 Å². The van der Waals surface area contributed by atoms with Gasteiger partial charge in [0.2, 0.25) is 0 Å². The smallest absolute Gasteiger partial charge is 0.306 e. The highest BCUT2D eigenvalue weighted by Gasteiger charge is 2.43. The van der Waals surface area contributed by atoms with Gasteiger partial charge in [0, 0.05) is 12.0 Å². The molecule has 2 aliphatic rings. The Morgan fingerprint density at radius 3 is 2.14 bits per heavy atom. The van der Waals surface area contributed by atoms with E-state index in [-0.39, 0.29) is 17.6 Å². The lowest BCUT2D eigenvalue weighted by atomic mass is 9.66. The Hall–Kier alpha value is -0.940. The van der Waals surface area contributed by atoms with Crippen molar-refractivity contribution in [3.8, 4) is 0 Å². The summed E-state index contributed by atoms with van der Waals surface area (Å²) in [6, 6.07) is -0.471. The maximum absolute atomic E-state index is 12.8. The Morgan fingerprint density at radius 1 is 1.10 bits per heavy atom. The standard InChI is InChI=1S/C16H28N2O3/c17-10-16(8-2-1-3-9-16)14(19)13(18)11-4-6-12(7-5-11)15(20)21/h11-13H,1-10,17-18H2,(H,20,21). The van der Waals surface area contributed by atoms with Crippen LogP contribution in [0.3, 0.4) is 0 Å². The fourth-order valence-electron chi connectivity index (χ4n) is 4.07. The number of carbonyl (C=O) groups is 2. The second-order valence-corrected chi connectivity index (χ2v) is 6.89. The van der Waals surface area contributed by atoms with Gasteiger partial charge in [-0.05, 0) is 44.4 Å². The molecule has 0 spiro atoms. The van der Waals surface area contributed by atoms with E-state index in [2.05, 4.69) is 0 Å². The number of hydrogen-bond acceptors (Lipinski definition) is 4. The summed E-state index contributed by atoms with van der Waals surface area (Å²) in [4.78, 5) is 23.8. The Bertz CT molecular complexity index is 383. The predicted octanol–water partition coefficient (Wildman–Crippen LogP) is 1.68. The zero-order valence-corrected chi connectivity index (χ0v) is 12.7. The number of aliphatic carboxylic acids is 1. The first-order chi connectivity index (χ1) is 10.00. The molecule has 0 bridgehead atoms. The molecule has 0 saturated heterocycles. The maximum atomic E-state index is 12.8. The number of carbonyl (C=O) groups excluding carboxylic acids is 1. The molecule has 0 amide bonds. The van der Waals surface area contributed by atoms with Crippen LogP contribution in [-0.4, -0.2) is 29.4 Å². The third kappa shape index (κ3) is 3.46. The minimum Gasteiger partial charge on any atom is -0.481 e. The van der Waals surface area contributed by atoms with E-state index >= 15 is 0 Å². The molecule has 2 rings (SSSR count). The van der Waals surface area contributed by atoms with Crippen LogP contribution < -0.4 is 11.5 Å². The van der Waals surface area contributed by atoms with Crippen molar-refractivity contribution in [3.05, 3.63) is 0 Å². The van der Waals surface area contributed by atoms with Crippen LogP contribution in [0.1, 0.15) is 57.8 Å². The number of rotatable bonds is 5. The first-order valence-electron chi connectivity index (χ1n) is 8.23. The molecule has 1 atom stereocenters. The zero-order chi connectivity index (χ0) is 15.5. The second-order valence-electron chi connectivity index (χ2n) is 6.89. The quantitative estimate of drug-likeness (QED) is 0.715. The first kappa shape index (κ1) is 16.4. The SMILES string of the molecule is NCC1(C(=O)C(N)C2CCC(C(=O)O)CC2)CCCCC1. The average Bonchev–Trinajstić information content (AvgIpc) is 2.54. The summed E-state index contributed by atoms with van der Waals surface area (Å²) in [5.41, 5.74) is 11.8. The molecule has 2 fully saturated rings.